The van der Waals surface area contributed by atoms with Gasteiger partial charge in [-0.15, -0.1) is 0 Å². The summed E-state index contributed by atoms with van der Waals surface area (Å²) in [6.45, 7) is 3.43. The molecule has 1 saturated heterocycles. The second kappa shape index (κ2) is 8.34. The third kappa shape index (κ3) is 4.17. The lowest BCUT2D eigenvalue weighted by molar-refractivity contribution is -0.138. The fourth-order valence-electron chi connectivity index (χ4n) is 4.29. The summed E-state index contributed by atoms with van der Waals surface area (Å²) in [5.74, 6) is 0.575. The molecule has 1 amide bonds. The quantitative estimate of drug-likeness (QED) is 0.658. The molecule has 1 fully saturated rings. The summed E-state index contributed by atoms with van der Waals surface area (Å²) in [5.41, 5.74) is 0.464. The molecule has 5 nitrogen and oxygen atoms in total. The van der Waals surface area contributed by atoms with Gasteiger partial charge in [0.2, 0.25) is 5.91 Å². The van der Waals surface area contributed by atoms with Crippen LogP contribution in [0.25, 0.3) is 11.0 Å². The lowest BCUT2D eigenvalue weighted by Gasteiger charge is -2.36. The van der Waals surface area contributed by atoms with Crippen molar-refractivity contribution in [1.29, 1.82) is 0 Å². The Morgan fingerprint density at radius 2 is 1.90 bits per heavy atom. The van der Waals surface area contributed by atoms with Crippen molar-refractivity contribution in [3.05, 3.63) is 65.5 Å². The normalized spacial score (nSPS) is 16.4. The number of aryl methyl sites for hydroxylation is 1. The van der Waals surface area contributed by atoms with E-state index in [1.54, 1.807) is 6.07 Å². The molecule has 0 unspecified atom stereocenters. The van der Waals surface area contributed by atoms with Crippen molar-refractivity contribution in [1.82, 2.24) is 14.9 Å². The highest BCUT2D eigenvalue weighted by molar-refractivity contribution is 5.88. The van der Waals surface area contributed by atoms with E-state index in [0.717, 1.165) is 29.0 Å². The molecular formula is C23H24F3N3O2. The summed E-state index contributed by atoms with van der Waals surface area (Å²) >= 11 is 0. The topological polar surface area (TPSA) is 56.2 Å². The molecule has 1 aliphatic heterocycles. The predicted octanol–water partition coefficient (Wildman–Crippen LogP) is 4.23. The van der Waals surface area contributed by atoms with Crippen molar-refractivity contribution >= 4 is 16.9 Å². The van der Waals surface area contributed by atoms with Gasteiger partial charge in [-0.25, -0.2) is 4.98 Å². The van der Waals surface area contributed by atoms with Crippen molar-refractivity contribution < 1.29 is 22.7 Å². The van der Waals surface area contributed by atoms with Crippen LogP contribution in [-0.4, -0.2) is 35.2 Å². The highest BCUT2D eigenvalue weighted by atomic mass is 19.4. The van der Waals surface area contributed by atoms with Gasteiger partial charge in [-0.2, -0.15) is 13.2 Å². The first-order valence-electron chi connectivity index (χ1n) is 10.3. The van der Waals surface area contributed by atoms with Gasteiger partial charge < -0.3 is 14.6 Å². The summed E-state index contributed by atoms with van der Waals surface area (Å²) in [5, 5.41) is 2.96. The largest absolute Gasteiger partial charge is 0.416 e. The van der Waals surface area contributed by atoms with E-state index in [1.807, 2.05) is 35.8 Å². The van der Waals surface area contributed by atoms with Crippen LogP contribution in [0.5, 0.6) is 0 Å². The number of fused-ring (bicyclic) bond motifs is 1. The van der Waals surface area contributed by atoms with E-state index in [0.29, 0.717) is 44.7 Å². The van der Waals surface area contributed by atoms with Crippen LogP contribution in [-0.2, 0) is 27.7 Å². The Bertz CT molecular complexity index is 1090. The maximum Gasteiger partial charge on any atom is 0.416 e. The van der Waals surface area contributed by atoms with Crippen LogP contribution in [0.2, 0.25) is 0 Å². The van der Waals surface area contributed by atoms with Crippen molar-refractivity contribution in [2.75, 3.05) is 19.8 Å². The Labute approximate surface area is 178 Å². The summed E-state index contributed by atoms with van der Waals surface area (Å²) in [4.78, 5) is 17.8. The van der Waals surface area contributed by atoms with E-state index < -0.39 is 17.2 Å². The number of rotatable bonds is 5. The van der Waals surface area contributed by atoms with Gasteiger partial charge in [0.15, 0.2) is 0 Å². The zero-order valence-corrected chi connectivity index (χ0v) is 17.2. The number of halogens is 3. The molecule has 0 spiro atoms. The molecule has 2 aromatic carbocycles. The molecule has 1 N–H and O–H groups in total. The van der Waals surface area contributed by atoms with Crippen molar-refractivity contribution in [2.24, 2.45) is 0 Å². The van der Waals surface area contributed by atoms with Gasteiger partial charge in [0, 0.05) is 26.3 Å². The molecule has 4 rings (SSSR count). The number of amides is 1. The summed E-state index contributed by atoms with van der Waals surface area (Å²) in [6.07, 6.45) is -3.78. The molecule has 164 valence electrons. The van der Waals surface area contributed by atoms with Crippen molar-refractivity contribution in [3.8, 4) is 0 Å². The number of para-hydroxylation sites is 2. The molecule has 0 bridgehead atoms. The van der Waals surface area contributed by atoms with Crippen LogP contribution in [0.4, 0.5) is 13.2 Å². The Kier molecular flexibility index (Phi) is 5.75. The zero-order chi connectivity index (χ0) is 22.1. The molecule has 0 atom stereocenters. The number of nitrogens with one attached hydrogen (secondary N) is 1. The maximum atomic E-state index is 13.3. The molecule has 2 heterocycles. The zero-order valence-electron chi connectivity index (χ0n) is 17.2. The highest BCUT2D eigenvalue weighted by Crippen LogP contribution is 2.38. The van der Waals surface area contributed by atoms with Crippen LogP contribution in [0.15, 0.2) is 48.5 Å². The average molecular weight is 431 g/mol. The molecule has 0 saturated carbocycles. The minimum atomic E-state index is -4.46. The molecule has 31 heavy (non-hydrogen) atoms. The van der Waals surface area contributed by atoms with Gasteiger partial charge in [0.05, 0.1) is 22.0 Å². The van der Waals surface area contributed by atoms with Gasteiger partial charge in [-0.3, -0.25) is 4.79 Å². The number of carbonyl (C=O) groups excluding carboxylic acids is 1. The van der Waals surface area contributed by atoms with E-state index in [1.165, 1.54) is 6.07 Å². The Balaban J connectivity index is 1.54. The smallest absolute Gasteiger partial charge is 0.381 e. The predicted molar refractivity (Wildman–Crippen MR) is 111 cm³/mol. The van der Waals surface area contributed by atoms with E-state index >= 15 is 0 Å². The molecule has 1 aliphatic rings. The van der Waals surface area contributed by atoms with Crippen LogP contribution in [0.3, 0.4) is 0 Å². The number of hydrogen-bond acceptors (Lipinski definition) is 3. The first kappa shape index (κ1) is 21.4. The summed E-state index contributed by atoms with van der Waals surface area (Å²) in [6, 6.07) is 12.9. The van der Waals surface area contributed by atoms with Gasteiger partial charge in [0.25, 0.3) is 0 Å². The molecular weight excluding hydrogens is 407 g/mol. The SMILES string of the molecule is Cc1nc2ccccc2n1CCNC(=O)C1(c2cccc(C(F)(F)F)c2)CCOCC1. The van der Waals surface area contributed by atoms with Crippen LogP contribution in [0, 0.1) is 6.92 Å². The summed E-state index contributed by atoms with van der Waals surface area (Å²) < 4.78 is 47.2. The summed E-state index contributed by atoms with van der Waals surface area (Å²) in [7, 11) is 0. The van der Waals surface area contributed by atoms with Crippen LogP contribution in [0.1, 0.15) is 29.8 Å². The number of benzene rings is 2. The Morgan fingerprint density at radius 1 is 1.16 bits per heavy atom. The van der Waals surface area contributed by atoms with Gasteiger partial charge in [0.1, 0.15) is 5.82 Å². The molecule has 0 aliphatic carbocycles. The first-order chi connectivity index (χ1) is 14.8. The van der Waals surface area contributed by atoms with E-state index in [-0.39, 0.29) is 5.91 Å². The highest BCUT2D eigenvalue weighted by Gasteiger charge is 2.43. The number of aromatic nitrogens is 2. The Morgan fingerprint density at radius 3 is 2.65 bits per heavy atom. The van der Waals surface area contributed by atoms with E-state index in [9.17, 15) is 18.0 Å². The second-order valence-corrected chi connectivity index (χ2v) is 7.83. The van der Waals surface area contributed by atoms with Crippen molar-refractivity contribution in [2.45, 2.75) is 37.9 Å². The molecule has 0 radical (unpaired) electrons. The van der Waals surface area contributed by atoms with Crippen molar-refractivity contribution in [3.63, 3.8) is 0 Å². The third-order valence-corrected chi connectivity index (χ3v) is 5.99. The third-order valence-electron chi connectivity index (χ3n) is 5.99. The lowest BCUT2D eigenvalue weighted by atomic mass is 9.73. The number of carbonyl (C=O) groups is 1. The first-order valence-corrected chi connectivity index (χ1v) is 10.3. The number of hydrogen-bond donors (Lipinski definition) is 1. The molecule has 1 aromatic heterocycles. The van der Waals surface area contributed by atoms with Crippen LogP contribution < -0.4 is 5.32 Å². The average Bonchev–Trinajstić information content (AvgIpc) is 3.09. The second-order valence-electron chi connectivity index (χ2n) is 7.83. The number of ether oxygens (including phenoxy) is 1. The number of nitrogens with zero attached hydrogens (tertiary/aromatic N) is 2. The van der Waals surface area contributed by atoms with E-state index in [4.69, 9.17) is 4.74 Å². The fourth-order valence-corrected chi connectivity index (χ4v) is 4.29. The van der Waals surface area contributed by atoms with Gasteiger partial charge >= 0.3 is 6.18 Å². The number of imidazole rings is 1. The molecule has 3 aromatic rings. The maximum absolute atomic E-state index is 13.3. The minimum absolute atomic E-state index is 0.266. The van der Waals surface area contributed by atoms with Gasteiger partial charge in [-0.1, -0.05) is 30.3 Å². The van der Waals surface area contributed by atoms with Crippen LogP contribution >= 0.6 is 0 Å². The lowest BCUT2D eigenvalue weighted by Crippen LogP contribution is -2.48. The van der Waals surface area contributed by atoms with Gasteiger partial charge in [-0.05, 0) is 43.5 Å². The standard InChI is InChI=1S/C23H24F3N3O2/c1-16-28-19-7-2-3-8-20(19)29(16)12-11-27-21(30)22(9-13-31-14-10-22)17-5-4-6-18(15-17)23(24,25)26/h2-8,15H,9-14H2,1H3,(H,27,30). The fraction of sp³-hybridized carbons (Fsp3) is 0.391. The minimum Gasteiger partial charge on any atom is -0.381 e. The Hall–Kier alpha value is -2.87. The van der Waals surface area contributed by atoms with E-state index in [2.05, 4.69) is 10.3 Å². The monoisotopic (exact) mass is 431 g/mol. The molecule has 8 heteroatoms. The number of alkyl halides is 3.